The zero-order chi connectivity index (χ0) is 7.65. The fourth-order valence-corrected chi connectivity index (χ4v) is 0.311. The SMILES string of the molecule is N=C([SH](=O)=O)C(F)(F)F.[LiH]. The second kappa shape index (κ2) is 4.01. The molecular weight excluding hydrogens is 166 g/mol. The Morgan fingerprint density at radius 1 is 1.30 bits per heavy atom. The molecule has 8 heteroatoms. The van der Waals surface area contributed by atoms with Crippen LogP contribution in [-0.4, -0.2) is 38.5 Å². The van der Waals surface area contributed by atoms with Crippen molar-refractivity contribution in [1.82, 2.24) is 0 Å². The van der Waals surface area contributed by atoms with Crippen LogP contribution in [0.3, 0.4) is 0 Å². The quantitative estimate of drug-likeness (QED) is 0.222. The normalized spacial score (nSPS) is 10.8. The first-order valence-corrected chi connectivity index (χ1v) is 2.83. The Morgan fingerprint density at radius 2 is 1.60 bits per heavy atom. The van der Waals surface area contributed by atoms with Gasteiger partial charge in [-0.1, -0.05) is 0 Å². The van der Waals surface area contributed by atoms with Crippen molar-refractivity contribution in [2.75, 3.05) is 0 Å². The third-order valence-electron chi connectivity index (χ3n) is 0.451. The van der Waals surface area contributed by atoms with E-state index in [-0.39, 0.29) is 18.9 Å². The van der Waals surface area contributed by atoms with Gasteiger partial charge in [-0.2, -0.15) is 13.2 Å². The Morgan fingerprint density at radius 3 is 1.60 bits per heavy atom. The van der Waals surface area contributed by atoms with E-state index in [0.29, 0.717) is 0 Å². The Labute approximate surface area is 68.2 Å². The summed E-state index contributed by atoms with van der Waals surface area (Å²) >= 11 is 0. The van der Waals surface area contributed by atoms with Crippen molar-refractivity contribution < 1.29 is 21.6 Å². The number of halogens is 3. The fraction of sp³-hybridized carbons (Fsp3) is 0.500. The van der Waals surface area contributed by atoms with Gasteiger partial charge in [-0.15, -0.1) is 0 Å². The molecule has 0 aliphatic carbocycles. The van der Waals surface area contributed by atoms with Gasteiger partial charge in [0.25, 0.3) is 0 Å². The van der Waals surface area contributed by atoms with E-state index in [1.165, 1.54) is 0 Å². The summed E-state index contributed by atoms with van der Waals surface area (Å²) < 4.78 is 52.2. The van der Waals surface area contributed by atoms with Crippen molar-refractivity contribution in [2.45, 2.75) is 6.18 Å². The summed E-state index contributed by atoms with van der Waals surface area (Å²) in [6.07, 6.45) is -5.03. The molecule has 0 aliphatic heterocycles. The zero-order valence-electron chi connectivity index (χ0n) is 3.90. The van der Waals surface area contributed by atoms with Crippen LogP contribution in [0.4, 0.5) is 13.2 Å². The van der Waals surface area contributed by atoms with Crippen LogP contribution in [0, 0.1) is 5.41 Å². The molecule has 0 fully saturated rings. The van der Waals surface area contributed by atoms with E-state index in [1.54, 1.807) is 0 Å². The third-order valence-corrected chi connectivity index (χ3v) is 1.07. The molecule has 0 atom stereocenters. The molecule has 0 unspecified atom stereocenters. The van der Waals surface area contributed by atoms with E-state index in [4.69, 9.17) is 5.41 Å². The van der Waals surface area contributed by atoms with Crippen LogP contribution in [0.25, 0.3) is 0 Å². The Balaban J connectivity index is 0. The Hall–Kier alpha value is 0.00740. The second-order valence-electron chi connectivity index (χ2n) is 1.10. The molecule has 0 aromatic heterocycles. The summed E-state index contributed by atoms with van der Waals surface area (Å²) in [5.41, 5.74) is 0. The molecule has 56 valence electrons. The minimum atomic E-state index is -5.03. The first-order chi connectivity index (χ1) is 3.85. The van der Waals surface area contributed by atoms with Gasteiger partial charge in [0.05, 0.1) is 0 Å². The van der Waals surface area contributed by atoms with Crippen molar-refractivity contribution in [3.8, 4) is 0 Å². The van der Waals surface area contributed by atoms with Gasteiger partial charge in [0, 0.05) is 0 Å². The standard InChI is InChI=1S/C2H2F3NO2S.Li.H/c3-2(4,5)1(6)9(7)8;;/h6,9H;;. The van der Waals surface area contributed by atoms with Crippen molar-refractivity contribution >= 4 is 34.6 Å². The number of rotatable bonds is 0. The summed E-state index contributed by atoms with van der Waals surface area (Å²) in [6.45, 7) is 0. The van der Waals surface area contributed by atoms with Gasteiger partial charge in [-0.05, 0) is 0 Å². The molecule has 0 saturated heterocycles. The summed E-state index contributed by atoms with van der Waals surface area (Å²) in [5, 5.41) is 3.66. The molecule has 10 heavy (non-hydrogen) atoms. The zero-order valence-corrected chi connectivity index (χ0v) is 4.79. The number of hydrogen-bond acceptors (Lipinski definition) is 3. The molecular formula is C2H3F3LiNO2S. The molecule has 0 radical (unpaired) electrons. The predicted molar refractivity (Wildman–Crippen MR) is 31.2 cm³/mol. The van der Waals surface area contributed by atoms with Crippen LogP contribution in [-0.2, 0) is 10.7 Å². The van der Waals surface area contributed by atoms with Gasteiger partial charge in [0.1, 0.15) is 0 Å². The van der Waals surface area contributed by atoms with Gasteiger partial charge in [0.2, 0.25) is 5.04 Å². The minimum absolute atomic E-state index is 0. The van der Waals surface area contributed by atoms with Gasteiger partial charge < -0.3 is 0 Å². The molecule has 0 saturated carbocycles. The van der Waals surface area contributed by atoms with Crippen molar-refractivity contribution in [2.24, 2.45) is 0 Å². The average molecular weight is 169 g/mol. The van der Waals surface area contributed by atoms with Crippen LogP contribution in [0.15, 0.2) is 0 Å². The first kappa shape index (κ1) is 12.7. The van der Waals surface area contributed by atoms with Crippen LogP contribution < -0.4 is 0 Å². The van der Waals surface area contributed by atoms with Crippen molar-refractivity contribution in [3.63, 3.8) is 0 Å². The van der Waals surface area contributed by atoms with Crippen LogP contribution >= 0.6 is 0 Å². The van der Waals surface area contributed by atoms with Gasteiger partial charge in [0.15, 0.2) is 10.7 Å². The van der Waals surface area contributed by atoms with Crippen LogP contribution in [0.2, 0.25) is 0 Å². The molecule has 0 amide bonds. The monoisotopic (exact) mass is 169 g/mol. The summed E-state index contributed by atoms with van der Waals surface area (Å²) in [7, 11) is -3.79. The average Bonchev–Trinajstić information content (AvgIpc) is 1.62. The van der Waals surface area contributed by atoms with Crippen LogP contribution in [0.5, 0.6) is 0 Å². The molecule has 1 N–H and O–H groups in total. The third kappa shape index (κ3) is 3.93. The van der Waals surface area contributed by atoms with E-state index in [9.17, 15) is 21.6 Å². The molecule has 0 aromatic carbocycles. The van der Waals surface area contributed by atoms with Crippen molar-refractivity contribution in [3.05, 3.63) is 0 Å². The molecule has 0 aromatic rings. The number of thiol groups is 1. The topological polar surface area (TPSA) is 58.0 Å². The van der Waals surface area contributed by atoms with E-state index < -0.39 is 21.9 Å². The molecule has 0 aliphatic rings. The van der Waals surface area contributed by atoms with Crippen molar-refractivity contribution in [1.29, 1.82) is 5.41 Å². The fourth-order valence-electron chi connectivity index (χ4n) is 0.104. The summed E-state index contributed by atoms with van der Waals surface area (Å²) in [5.74, 6) is 0. The van der Waals surface area contributed by atoms with E-state index in [2.05, 4.69) is 0 Å². The summed E-state index contributed by atoms with van der Waals surface area (Å²) in [4.78, 5) is 0. The molecule has 0 rings (SSSR count). The first-order valence-electron chi connectivity index (χ1n) is 1.66. The maximum absolute atomic E-state index is 11.1. The Kier molecular flexibility index (Phi) is 5.07. The predicted octanol–water partition coefficient (Wildman–Crippen LogP) is -0.511. The summed E-state index contributed by atoms with van der Waals surface area (Å²) in [6, 6.07) is 0. The maximum atomic E-state index is 11.1. The number of nitrogens with one attached hydrogen (secondary N) is 1. The van der Waals surface area contributed by atoms with E-state index in [0.717, 1.165) is 0 Å². The van der Waals surface area contributed by atoms with Gasteiger partial charge >= 0.3 is 25.0 Å². The molecule has 0 spiro atoms. The molecule has 0 bridgehead atoms. The second-order valence-corrected chi connectivity index (χ2v) is 2.06. The molecule has 3 nitrogen and oxygen atoms in total. The van der Waals surface area contributed by atoms with Gasteiger partial charge in [-0.3, -0.25) is 5.41 Å². The number of hydrogen-bond donors (Lipinski definition) is 2. The van der Waals surface area contributed by atoms with Crippen LogP contribution in [0.1, 0.15) is 0 Å². The van der Waals surface area contributed by atoms with E-state index in [1.807, 2.05) is 0 Å². The molecule has 0 heterocycles. The van der Waals surface area contributed by atoms with E-state index >= 15 is 0 Å². The number of alkyl halides is 3. The van der Waals surface area contributed by atoms with Gasteiger partial charge in [-0.25, -0.2) is 8.42 Å². The Bertz CT molecular complexity index is 189.